The third-order valence-corrected chi connectivity index (χ3v) is 2.05. The summed E-state index contributed by atoms with van der Waals surface area (Å²) in [6, 6.07) is 5.94. The molecule has 92 valence electrons. The van der Waals surface area contributed by atoms with Gasteiger partial charge in [0.25, 0.3) is 0 Å². The molecule has 0 aliphatic carbocycles. The third-order valence-electron chi connectivity index (χ3n) is 2.05. The van der Waals surface area contributed by atoms with Gasteiger partial charge in [-0.3, -0.25) is 4.79 Å². The first-order valence-corrected chi connectivity index (χ1v) is 5.38. The summed E-state index contributed by atoms with van der Waals surface area (Å²) in [5, 5.41) is 2.61. The van der Waals surface area contributed by atoms with Crippen LogP contribution < -0.4 is 11.1 Å². The van der Waals surface area contributed by atoms with E-state index in [1.165, 1.54) is 0 Å². The number of hydrogen-bond acceptors (Lipinski definition) is 4. The third kappa shape index (κ3) is 3.88. The van der Waals surface area contributed by atoms with Gasteiger partial charge in [0.15, 0.2) is 0 Å². The number of benzene rings is 1. The molecule has 3 N–H and O–H groups in total. The number of nitrogens with two attached hydrogens (primary N) is 1. The van der Waals surface area contributed by atoms with E-state index in [2.05, 4.69) is 5.32 Å². The average molecular weight is 236 g/mol. The lowest BCUT2D eigenvalue weighted by molar-refractivity contribution is -0.117. The molecule has 1 aromatic carbocycles. The molecule has 0 bridgehead atoms. The number of rotatable bonds is 4. The number of esters is 1. The number of carbonyl (C=O) groups is 2. The molecule has 17 heavy (non-hydrogen) atoms. The summed E-state index contributed by atoms with van der Waals surface area (Å²) < 4.78 is 4.86. The number of ether oxygens (including phenoxy) is 1. The highest BCUT2D eigenvalue weighted by atomic mass is 16.5. The van der Waals surface area contributed by atoms with Crippen molar-refractivity contribution in [3.63, 3.8) is 0 Å². The predicted molar refractivity (Wildman–Crippen MR) is 64.7 cm³/mol. The molecule has 0 radical (unpaired) electrons. The molecule has 5 heteroatoms. The molecular formula is C12H16N2O3. The summed E-state index contributed by atoms with van der Waals surface area (Å²) in [4.78, 5) is 22.8. The van der Waals surface area contributed by atoms with Crippen molar-refractivity contribution in [1.82, 2.24) is 0 Å². The van der Waals surface area contributed by atoms with E-state index in [4.69, 9.17) is 10.5 Å². The fraction of sp³-hybridized carbons (Fsp3) is 0.333. The van der Waals surface area contributed by atoms with E-state index in [1.54, 1.807) is 38.1 Å². The molecule has 0 heterocycles. The normalized spacial score (nSPS) is 11.7. The lowest BCUT2D eigenvalue weighted by Crippen LogP contribution is -2.32. The van der Waals surface area contributed by atoms with Gasteiger partial charge in [-0.25, -0.2) is 4.79 Å². The minimum absolute atomic E-state index is 0.300. The van der Waals surface area contributed by atoms with E-state index in [1.807, 2.05) is 0 Å². The summed E-state index contributed by atoms with van der Waals surface area (Å²) in [6.07, 6.45) is 0. The van der Waals surface area contributed by atoms with Crippen molar-refractivity contribution in [1.29, 1.82) is 0 Å². The SMILES string of the molecule is CCOC(=O)c1cccc(NC(=O)[C@H](C)N)c1. The van der Waals surface area contributed by atoms with E-state index >= 15 is 0 Å². The van der Waals surface area contributed by atoms with Crippen LogP contribution in [-0.4, -0.2) is 24.5 Å². The van der Waals surface area contributed by atoms with Crippen LogP contribution in [0, 0.1) is 0 Å². The van der Waals surface area contributed by atoms with Crippen molar-refractivity contribution in [2.75, 3.05) is 11.9 Å². The van der Waals surface area contributed by atoms with Crippen LogP contribution >= 0.6 is 0 Å². The first-order valence-electron chi connectivity index (χ1n) is 5.38. The van der Waals surface area contributed by atoms with Crippen molar-refractivity contribution in [3.8, 4) is 0 Å². The molecule has 0 spiro atoms. The standard InChI is InChI=1S/C12H16N2O3/c1-3-17-12(16)9-5-4-6-10(7-9)14-11(15)8(2)13/h4-8H,3,13H2,1-2H3,(H,14,15)/t8-/m0/s1. The van der Waals surface area contributed by atoms with Gasteiger partial charge >= 0.3 is 5.97 Å². The lowest BCUT2D eigenvalue weighted by atomic mass is 10.2. The quantitative estimate of drug-likeness (QED) is 0.768. The second kappa shape index (κ2) is 6.00. The summed E-state index contributed by atoms with van der Waals surface area (Å²) in [6.45, 7) is 3.64. The van der Waals surface area contributed by atoms with E-state index < -0.39 is 12.0 Å². The van der Waals surface area contributed by atoms with E-state index in [0.29, 0.717) is 17.9 Å². The van der Waals surface area contributed by atoms with Gasteiger partial charge in [0.05, 0.1) is 18.2 Å². The maximum absolute atomic E-state index is 11.5. The fourth-order valence-corrected chi connectivity index (χ4v) is 1.19. The second-order valence-electron chi connectivity index (χ2n) is 3.58. The number of nitrogens with one attached hydrogen (secondary N) is 1. The number of amides is 1. The van der Waals surface area contributed by atoms with E-state index in [-0.39, 0.29) is 5.91 Å². The Morgan fingerprint density at radius 3 is 2.76 bits per heavy atom. The van der Waals surface area contributed by atoms with Crippen LogP contribution in [0.25, 0.3) is 0 Å². The zero-order valence-electron chi connectivity index (χ0n) is 9.90. The van der Waals surface area contributed by atoms with Gasteiger partial charge < -0.3 is 15.8 Å². The second-order valence-corrected chi connectivity index (χ2v) is 3.58. The molecule has 1 atom stereocenters. The van der Waals surface area contributed by atoms with Crippen LogP contribution in [0.5, 0.6) is 0 Å². The first kappa shape index (κ1) is 13.2. The molecule has 0 unspecified atom stereocenters. The zero-order chi connectivity index (χ0) is 12.8. The van der Waals surface area contributed by atoms with Crippen LogP contribution in [0.3, 0.4) is 0 Å². The van der Waals surface area contributed by atoms with Crippen molar-refractivity contribution in [2.24, 2.45) is 5.73 Å². The van der Waals surface area contributed by atoms with Gasteiger partial charge in [-0.05, 0) is 32.0 Å². The molecule has 0 saturated heterocycles. The maximum Gasteiger partial charge on any atom is 0.338 e. The van der Waals surface area contributed by atoms with Crippen LogP contribution in [0.4, 0.5) is 5.69 Å². The summed E-state index contributed by atoms with van der Waals surface area (Å²) in [5.74, 6) is -0.713. The number of anilines is 1. The Morgan fingerprint density at radius 1 is 1.47 bits per heavy atom. The predicted octanol–water partition coefficient (Wildman–Crippen LogP) is 1.15. The van der Waals surface area contributed by atoms with Crippen LogP contribution in [0.15, 0.2) is 24.3 Å². The molecular weight excluding hydrogens is 220 g/mol. The Morgan fingerprint density at radius 2 is 2.18 bits per heavy atom. The van der Waals surface area contributed by atoms with Crippen LogP contribution in [0.1, 0.15) is 24.2 Å². The lowest BCUT2D eigenvalue weighted by Gasteiger charge is -2.08. The van der Waals surface area contributed by atoms with Crippen LogP contribution in [0.2, 0.25) is 0 Å². The Kier molecular flexibility index (Phi) is 4.66. The van der Waals surface area contributed by atoms with Crippen LogP contribution in [-0.2, 0) is 9.53 Å². The molecule has 0 aromatic heterocycles. The molecule has 1 aromatic rings. The van der Waals surface area contributed by atoms with Gasteiger partial charge in [-0.1, -0.05) is 6.07 Å². The van der Waals surface area contributed by atoms with Crippen molar-refractivity contribution < 1.29 is 14.3 Å². The molecule has 5 nitrogen and oxygen atoms in total. The Bertz CT molecular complexity index is 416. The Balaban J connectivity index is 2.79. The van der Waals surface area contributed by atoms with Gasteiger partial charge in [0.1, 0.15) is 0 Å². The smallest absolute Gasteiger partial charge is 0.338 e. The topological polar surface area (TPSA) is 81.4 Å². The Labute approximate surface area is 99.9 Å². The molecule has 0 saturated carbocycles. The number of carbonyl (C=O) groups excluding carboxylic acids is 2. The Hall–Kier alpha value is -1.88. The van der Waals surface area contributed by atoms with Crippen molar-refractivity contribution in [2.45, 2.75) is 19.9 Å². The summed E-state index contributed by atoms with van der Waals surface area (Å²) in [7, 11) is 0. The first-order chi connectivity index (χ1) is 8.04. The fourth-order valence-electron chi connectivity index (χ4n) is 1.19. The minimum Gasteiger partial charge on any atom is -0.462 e. The highest BCUT2D eigenvalue weighted by molar-refractivity contribution is 5.96. The van der Waals surface area contributed by atoms with E-state index in [9.17, 15) is 9.59 Å². The van der Waals surface area contributed by atoms with Gasteiger partial charge in [0.2, 0.25) is 5.91 Å². The van der Waals surface area contributed by atoms with Gasteiger partial charge in [-0.2, -0.15) is 0 Å². The molecule has 1 rings (SSSR count). The van der Waals surface area contributed by atoms with Crippen molar-refractivity contribution >= 4 is 17.6 Å². The molecule has 1 amide bonds. The highest BCUT2D eigenvalue weighted by Crippen LogP contribution is 2.11. The van der Waals surface area contributed by atoms with E-state index in [0.717, 1.165) is 0 Å². The maximum atomic E-state index is 11.5. The minimum atomic E-state index is -0.596. The number of hydrogen-bond donors (Lipinski definition) is 2. The summed E-state index contributed by atoms with van der Waals surface area (Å²) in [5.41, 5.74) is 6.35. The summed E-state index contributed by atoms with van der Waals surface area (Å²) >= 11 is 0. The zero-order valence-corrected chi connectivity index (χ0v) is 9.90. The molecule has 0 fully saturated rings. The van der Waals surface area contributed by atoms with Crippen molar-refractivity contribution in [3.05, 3.63) is 29.8 Å². The highest BCUT2D eigenvalue weighted by Gasteiger charge is 2.10. The molecule has 0 aliphatic rings. The molecule has 0 aliphatic heterocycles. The van der Waals surface area contributed by atoms with Gasteiger partial charge in [-0.15, -0.1) is 0 Å². The largest absolute Gasteiger partial charge is 0.462 e. The van der Waals surface area contributed by atoms with Gasteiger partial charge in [0, 0.05) is 5.69 Å². The monoisotopic (exact) mass is 236 g/mol. The average Bonchev–Trinajstić information content (AvgIpc) is 2.29.